The summed E-state index contributed by atoms with van der Waals surface area (Å²) in [5.74, 6) is 1.50. The number of aromatic nitrogens is 1. The highest BCUT2D eigenvalue weighted by atomic mass is 19.1. The second-order valence-corrected chi connectivity index (χ2v) is 7.11. The molecule has 0 saturated heterocycles. The third-order valence-electron chi connectivity index (χ3n) is 4.79. The summed E-state index contributed by atoms with van der Waals surface area (Å²) in [7, 11) is 0. The summed E-state index contributed by atoms with van der Waals surface area (Å²) in [6.45, 7) is 9.51. The molecular weight excluding hydrogens is 395 g/mol. The molecule has 0 aliphatic carbocycles. The number of aryl methyl sites for hydroxylation is 1. The second-order valence-electron chi connectivity index (χ2n) is 7.11. The molecule has 0 fully saturated rings. The molecule has 2 aromatic heterocycles. The molecule has 0 spiro atoms. The number of benzene rings is 2. The summed E-state index contributed by atoms with van der Waals surface area (Å²) in [5, 5.41) is 13.4. The molecule has 4 rings (SSSR count). The van der Waals surface area contributed by atoms with Crippen molar-refractivity contribution >= 4 is 28.2 Å². The van der Waals surface area contributed by atoms with Gasteiger partial charge in [-0.2, -0.15) is 0 Å². The van der Waals surface area contributed by atoms with Crippen molar-refractivity contribution in [1.29, 1.82) is 0 Å². The average Bonchev–Trinajstić information content (AvgIpc) is 3.13. The number of nitrogens with zero attached hydrogens (tertiary/aromatic N) is 1. The second kappa shape index (κ2) is 8.36. The minimum Gasteiger partial charge on any atom is -0.508 e. The van der Waals surface area contributed by atoms with Crippen LogP contribution in [0.4, 0.5) is 10.2 Å². The molecule has 0 radical (unpaired) electrons. The summed E-state index contributed by atoms with van der Waals surface area (Å²) in [5.41, 5.74) is 2.96. The number of nitrogens with one attached hydrogen (secondary N) is 1. The standard InChI is InChI=1S/C25H21FN2O3/c1-15-10-21-23(30-14-19-6-4-5-7-22(19)26)11-20(12-24(21)31-15)16(2)28-25-9-8-18(13-27-25)17(3)29/h4-13,29H,2-3,14H2,1H3,(H,27,28). The summed E-state index contributed by atoms with van der Waals surface area (Å²) < 4.78 is 25.7. The van der Waals surface area contributed by atoms with Crippen molar-refractivity contribution in [1.82, 2.24) is 4.98 Å². The van der Waals surface area contributed by atoms with Crippen molar-refractivity contribution < 1.29 is 18.7 Å². The number of fused-ring (bicyclic) bond motifs is 1. The van der Waals surface area contributed by atoms with Gasteiger partial charge < -0.3 is 19.6 Å². The van der Waals surface area contributed by atoms with E-state index in [9.17, 15) is 9.50 Å². The highest BCUT2D eigenvalue weighted by molar-refractivity contribution is 5.89. The monoisotopic (exact) mass is 416 g/mol. The predicted molar refractivity (Wildman–Crippen MR) is 120 cm³/mol. The Kier molecular flexibility index (Phi) is 5.45. The highest BCUT2D eigenvalue weighted by Gasteiger charge is 2.13. The zero-order valence-electron chi connectivity index (χ0n) is 17.0. The highest BCUT2D eigenvalue weighted by Crippen LogP contribution is 2.33. The fourth-order valence-electron chi connectivity index (χ4n) is 3.16. The number of pyridine rings is 1. The largest absolute Gasteiger partial charge is 0.508 e. The zero-order chi connectivity index (χ0) is 22.0. The van der Waals surface area contributed by atoms with Gasteiger partial charge >= 0.3 is 0 Å². The molecule has 0 amide bonds. The average molecular weight is 416 g/mol. The Morgan fingerprint density at radius 1 is 1.13 bits per heavy atom. The van der Waals surface area contributed by atoms with Crippen LogP contribution in [0.1, 0.15) is 22.5 Å². The van der Waals surface area contributed by atoms with Crippen LogP contribution < -0.4 is 10.1 Å². The number of ether oxygens (including phenoxy) is 1. The molecule has 6 heteroatoms. The van der Waals surface area contributed by atoms with Crippen LogP contribution in [0.2, 0.25) is 0 Å². The molecule has 2 heterocycles. The fourth-order valence-corrected chi connectivity index (χ4v) is 3.16. The van der Waals surface area contributed by atoms with Gasteiger partial charge in [-0.05, 0) is 43.3 Å². The van der Waals surface area contributed by atoms with Gasteiger partial charge in [-0.3, -0.25) is 0 Å². The molecule has 4 aromatic rings. The van der Waals surface area contributed by atoms with Crippen molar-refractivity contribution in [2.45, 2.75) is 13.5 Å². The van der Waals surface area contributed by atoms with E-state index >= 15 is 0 Å². The van der Waals surface area contributed by atoms with Crippen LogP contribution in [-0.4, -0.2) is 10.1 Å². The van der Waals surface area contributed by atoms with Gasteiger partial charge in [-0.1, -0.05) is 31.4 Å². The van der Waals surface area contributed by atoms with E-state index in [4.69, 9.17) is 9.15 Å². The Hall–Kier alpha value is -4.06. The summed E-state index contributed by atoms with van der Waals surface area (Å²) in [6.07, 6.45) is 1.51. The lowest BCUT2D eigenvalue weighted by Gasteiger charge is -2.13. The van der Waals surface area contributed by atoms with E-state index < -0.39 is 0 Å². The number of aliphatic hydroxyl groups excluding tert-OH is 1. The molecule has 2 N–H and O–H groups in total. The first kappa shape index (κ1) is 20.2. The van der Waals surface area contributed by atoms with Gasteiger partial charge in [0.05, 0.1) is 5.39 Å². The number of rotatable bonds is 7. The molecule has 156 valence electrons. The van der Waals surface area contributed by atoms with Gasteiger partial charge in [0, 0.05) is 28.6 Å². The van der Waals surface area contributed by atoms with Gasteiger partial charge in [0.2, 0.25) is 0 Å². The maximum absolute atomic E-state index is 14.0. The zero-order valence-corrected chi connectivity index (χ0v) is 17.0. The van der Waals surface area contributed by atoms with Crippen molar-refractivity contribution in [3.05, 3.63) is 102 Å². The Balaban J connectivity index is 1.61. The van der Waals surface area contributed by atoms with Gasteiger partial charge in [0.25, 0.3) is 0 Å². The van der Waals surface area contributed by atoms with Gasteiger partial charge in [-0.15, -0.1) is 0 Å². The van der Waals surface area contributed by atoms with Crippen LogP contribution in [0.5, 0.6) is 5.75 Å². The van der Waals surface area contributed by atoms with Crippen LogP contribution in [0.25, 0.3) is 22.4 Å². The lowest BCUT2D eigenvalue weighted by Crippen LogP contribution is -2.02. The van der Waals surface area contributed by atoms with Crippen molar-refractivity contribution in [3.63, 3.8) is 0 Å². The summed E-state index contributed by atoms with van der Waals surface area (Å²) >= 11 is 0. The Morgan fingerprint density at radius 2 is 1.94 bits per heavy atom. The lowest BCUT2D eigenvalue weighted by molar-refractivity contribution is 0.303. The molecule has 2 aromatic carbocycles. The van der Waals surface area contributed by atoms with Crippen LogP contribution >= 0.6 is 0 Å². The van der Waals surface area contributed by atoms with Gasteiger partial charge in [0.15, 0.2) is 0 Å². The third-order valence-corrected chi connectivity index (χ3v) is 4.79. The number of hydrogen-bond donors (Lipinski definition) is 2. The van der Waals surface area contributed by atoms with E-state index in [0.29, 0.717) is 34.0 Å². The minimum atomic E-state index is -0.315. The topological polar surface area (TPSA) is 67.5 Å². The van der Waals surface area contributed by atoms with Gasteiger partial charge in [-0.25, -0.2) is 9.37 Å². The van der Waals surface area contributed by atoms with Crippen LogP contribution in [0.3, 0.4) is 0 Å². The van der Waals surface area contributed by atoms with E-state index in [1.54, 1.807) is 30.3 Å². The molecule has 0 aliphatic rings. The van der Waals surface area contributed by atoms with Crippen molar-refractivity contribution in [2.75, 3.05) is 5.32 Å². The number of aliphatic hydroxyl groups is 1. The molecule has 31 heavy (non-hydrogen) atoms. The van der Waals surface area contributed by atoms with E-state index in [2.05, 4.69) is 23.5 Å². The van der Waals surface area contributed by atoms with E-state index in [1.165, 1.54) is 12.3 Å². The van der Waals surface area contributed by atoms with E-state index in [-0.39, 0.29) is 18.2 Å². The number of hydrogen-bond acceptors (Lipinski definition) is 5. The molecular formula is C25H21FN2O3. The quantitative estimate of drug-likeness (QED) is 0.338. The summed E-state index contributed by atoms with van der Waals surface area (Å²) in [6, 6.07) is 15.5. The maximum Gasteiger partial charge on any atom is 0.138 e. The lowest BCUT2D eigenvalue weighted by atomic mass is 10.1. The minimum absolute atomic E-state index is 0.0480. The number of halogens is 1. The Bertz CT molecular complexity index is 1280. The normalized spacial score (nSPS) is 10.8. The third kappa shape index (κ3) is 4.43. The molecule has 5 nitrogen and oxygen atoms in total. The first-order valence-corrected chi connectivity index (χ1v) is 9.61. The Labute approximate surface area is 179 Å². The first-order chi connectivity index (χ1) is 14.9. The molecule has 0 bridgehead atoms. The van der Waals surface area contributed by atoms with E-state index in [1.807, 2.05) is 25.1 Å². The van der Waals surface area contributed by atoms with Gasteiger partial charge in [0.1, 0.15) is 41.1 Å². The molecule has 0 aliphatic heterocycles. The summed E-state index contributed by atoms with van der Waals surface area (Å²) in [4.78, 5) is 4.25. The van der Waals surface area contributed by atoms with Crippen LogP contribution in [-0.2, 0) is 6.61 Å². The van der Waals surface area contributed by atoms with Crippen LogP contribution in [0, 0.1) is 12.7 Å². The maximum atomic E-state index is 14.0. The first-order valence-electron chi connectivity index (χ1n) is 9.61. The number of anilines is 1. The SMILES string of the molecule is C=C(O)c1ccc(NC(=C)c2cc(OCc3ccccc3F)c3cc(C)oc3c2)nc1. The van der Waals surface area contributed by atoms with E-state index in [0.717, 1.165) is 16.7 Å². The Morgan fingerprint density at radius 3 is 2.65 bits per heavy atom. The predicted octanol–water partition coefficient (Wildman–Crippen LogP) is 6.47. The van der Waals surface area contributed by atoms with Crippen LogP contribution in [0.15, 0.2) is 78.4 Å². The number of furan rings is 1. The van der Waals surface area contributed by atoms with Crippen molar-refractivity contribution in [3.8, 4) is 5.75 Å². The van der Waals surface area contributed by atoms with Crippen molar-refractivity contribution in [2.24, 2.45) is 0 Å². The molecule has 0 saturated carbocycles. The smallest absolute Gasteiger partial charge is 0.138 e. The fraction of sp³-hybridized carbons (Fsp3) is 0.0800. The molecule has 0 atom stereocenters. The molecule has 0 unspecified atom stereocenters.